The average molecular weight is 322 g/mol. The number of amides is 2. The maximum atomic E-state index is 13.1. The van der Waals surface area contributed by atoms with Gasteiger partial charge in [-0.3, -0.25) is 9.59 Å². The predicted molar refractivity (Wildman–Crippen MR) is 95.1 cm³/mol. The van der Waals surface area contributed by atoms with Gasteiger partial charge in [-0.15, -0.1) is 0 Å². The highest BCUT2D eigenvalue weighted by molar-refractivity contribution is 6.11. The van der Waals surface area contributed by atoms with Crippen LogP contribution in [0.3, 0.4) is 0 Å². The summed E-state index contributed by atoms with van der Waals surface area (Å²) in [5, 5.41) is 2.91. The smallest absolute Gasteiger partial charge is 0.254 e. The Bertz CT molecular complexity index is 727. The largest absolute Gasteiger partial charge is 0.340 e. The van der Waals surface area contributed by atoms with Gasteiger partial charge < -0.3 is 10.2 Å². The van der Waals surface area contributed by atoms with Gasteiger partial charge in [0.2, 0.25) is 5.91 Å². The van der Waals surface area contributed by atoms with Gasteiger partial charge in [0.05, 0.1) is 11.3 Å². The molecule has 2 amide bonds. The normalized spacial score (nSPS) is 17.2. The van der Waals surface area contributed by atoms with Crippen LogP contribution < -0.4 is 10.2 Å². The van der Waals surface area contributed by atoms with Gasteiger partial charge in [-0.1, -0.05) is 55.8 Å². The molecular formula is C20H22N2O2. The Balaban J connectivity index is 1.94. The van der Waals surface area contributed by atoms with Crippen molar-refractivity contribution >= 4 is 17.5 Å². The van der Waals surface area contributed by atoms with Crippen LogP contribution in [-0.2, 0) is 11.2 Å². The molecule has 0 saturated heterocycles. The quantitative estimate of drug-likeness (QED) is 0.919. The molecule has 1 unspecified atom stereocenters. The Hall–Kier alpha value is -2.62. The highest BCUT2D eigenvalue weighted by Gasteiger charge is 2.33. The second-order valence-corrected chi connectivity index (χ2v) is 6.08. The molecule has 1 N–H and O–H groups in total. The van der Waals surface area contributed by atoms with Crippen molar-refractivity contribution in [2.24, 2.45) is 0 Å². The van der Waals surface area contributed by atoms with E-state index in [4.69, 9.17) is 0 Å². The van der Waals surface area contributed by atoms with E-state index in [0.717, 1.165) is 18.4 Å². The first-order valence-electron chi connectivity index (χ1n) is 8.46. The third-order valence-electron chi connectivity index (χ3n) is 4.33. The van der Waals surface area contributed by atoms with Crippen LogP contribution in [0.2, 0.25) is 0 Å². The number of benzene rings is 2. The molecule has 0 spiro atoms. The lowest BCUT2D eigenvalue weighted by Crippen LogP contribution is -2.47. The van der Waals surface area contributed by atoms with E-state index in [1.54, 1.807) is 11.0 Å². The van der Waals surface area contributed by atoms with Crippen LogP contribution in [-0.4, -0.2) is 24.4 Å². The molecule has 0 aromatic heterocycles. The Morgan fingerprint density at radius 2 is 1.71 bits per heavy atom. The van der Waals surface area contributed by atoms with E-state index in [-0.39, 0.29) is 11.8 Å². The third kappa shape index (κ3) is 3.32. The van der Waals surface area contributed by atoms with Crippen molar-refractivity contribution in [3.63, 3.8) is 0 Å². The number of fused-ring (bicyclic) bond motifs is 1. The van der Waals surface area contributed by atoms with Crippen LogP contribution in [0.15, 0.2) is 54.6 Å². The lowest BCUT2D eigenvalue weighted by atomic mass is 10.0. The van der Waals surface area contributed by atoms with Crippen LogP contribution >= 0.6 is 0 Å². The Labute approximate surface area is 142 Å². The topological polar surface area (TPSA) is 49.4 Å². The molecule has 2 aromatic carbocycles. The average Bonchev–Trinajstić information content (AvgIpc) is 2.71. The van der Waals surface area contributed by atoms with Crippen molar-refractivity contribution in [1.82, 2.24) is 5.32 Å². The molecule has 1 aliphatic heterocycles. The minimum atomic E-state index is -0.538. The molecule has 1 atom stereocenters. The summed E-state index contributed by atoms with van der Waals surface area (Å²) in [6.45, 7) is 2.73. The fourth-order valence-electron chi connectivity index (χ4n) is 3.04. The van der Waals surface area contributed by atoms with E-state index in [0.29, 0.717) is 24.2 Å². The fraction of sp³-hybridized carbons (Fsp3) is 0.300. The van der Waals surface area contributed by atoms with Crippen LogP contribution in [0.5, 0.6) is 0 Å². The number of para-hydroxylation sites is 1. The summed E-state index contributed by atoms with van der Waals surface area (Å²) in [6, 6.07) is 16.6. The summed E-state index contributed by atoms with van der Waals surface area (Å²) >= 11 is 0. The van der Waals surface area contributed by atoms with Gasteiger partial charge in [0.25, 0.3) is 5.91 Å². The summed E-state index contributed by atoms with van der Waals surface area (Å²) in [7, 11) is 0. The Morgan fingerprint density at radius 1 is 1.00 bits per heavy atom. The first kappa shape index (κ1) is 16.2. The molecule has 1 aliphatic rings. The SMILES string of the molecule is CCCCN1C(=O)C(Cc2ccccc2)NC(=O)c2ccccc21. The van der Waals surface area contributed by atoms with Crippen molar-refractivity contribution in [2.45, 2.75) is 32.2 Å². The number of unbranched alkanes of at least 4 members (excludes halogenated alkanes) is 1. The lowest BCUT2D eigenvalue weighted by Gasteiger charge is -2.25. The summed E-state index contributed by atoms with van der Waals surface area (Å²) in [6.07, 6.45) is 2.41. The Morgan fingerprint density at radius 3 is 2.46 bits per heavy atom. The third-order valence-corrected chi connectivity index (χ3v) is 4.33. The van der Waals surface area contributed by atoms with Gasteiger partial charge in [-0.2, -0.15) is 0 Å². The second kappa shape index (κ2) is 7.30. The first-order chi connectivity index (χ1) is 11.7. The molecule has 0 radical (unpaired) electrons. The zero-order chi connectivity index (χ0) is 16.9. The van der Waals surface area contributed by atoms with E-state index in [1.807, 2.05) is 48.5 Å². The zero-order valence-corrected chi connectivity index (χ0v) is 13.9. The molecule has 0 aliphatic carbocycles. The molecule has 1 heterocycles. The number of hydrogen-bond acceptors (Lipinski definition) is 2. The van der Waals surface area contributed by atoms with Gasteiger partial charge in [0.15, 0.2) is 0 Å². The van der Waals surface area contributed by atoms with E-state index < -0.39 is 6.04 Å². The summed E-state index contributed by atoms with van der Waals surface area (Å²) < 4.78 is 0. The molecule has 0 fully saturated rings. The van der Waals surface area contributed by atoms with Crippen molar-refractivity contribution in [3.8, 4) is 0 Å². The Kier molecular flexibility index (Phi) is 4.94. The minimum Gasteiger partial charge on any atom is -0.340 e. The van der Waals surface area contributed by atoms with Gasteiger partial charge in [-0.25, -0.2) is 0 Å². The van der Waals surface area contributed by atoms with Crippen molar-refractivity contribution in [1.29, 1.82) is 0 Å². The van der Waals surface area contributed by atoms with E-state index in [2.05, 4.69) is 12.2 Å². The van der Waals surface area contributed by atoms with Crippen LogP contribution in [0.4, 0.5) is 5.69 Å². The van der Waals surface area contributed by atoms with Gasteiger partial charge >= 0.3 is 0 Å². The molecule has 24 heavy (non-hydrogen) atoms. The highest BCUT2D eigenvalue weighted by atomic mass is 16.2. The number of hydrogen-bond donors (Lipinski definition) is 1. The molecule has 4 heteroatoms. The number of carbonyl (C=O) groups is 2. The lowest BCUT2D eigenvalue weighted by molar-refractivity contribution is -0.120. The van der Waals surface area contributed by atoms with E-state index >= 15 is 0 Å². The number of nitrogens with one attached hydrogen (secondary N) is 1. The number of nitrogens with zero attached hydrogens (tertiary/aromatic N) is 1. The van der Waals surface area contributed by atoms with Crippen LogP contribution in [0, 0.1) is 0 Å². The maximum Gasteiger partial charge on any atom is 0.254 e. The monoisotopic (exact) mass is 322 g/mol. The highest BCUT2D eigenvalue weighted by Crippen LogP contribution is 2.25. The number of anilines is 1. The van der Waals surface area contributed by atoms with Crippen molar-refractivity contribution < 1.29 is 9.59 Å². The molecule has 124 valence electrons. The molecule has 4 nitrogen and oxygen atoms in total. The molecular weight excluding hydrogens is 300 g/mol. The molecule has 0 bridgehead atoms. The zero-order valence-electron chi connectivity index (χ0n) is 13.9. The van der Waals surface area contributed by atoms with E-state index in [1.165, 1.54) is 0 Å². The van der Waals surface area contributed by atoms with Gasteiger partial charge in [-0.05, 0) is 24.1 Å². The van der Waals surface area contributed by atoms with Crippen LogP contribution in [0.25, 0.3) is 0 Å². The number of rotatable bonds is 5. The molecule has 0 saturated carbocycles. The van der Waals surface area contributed by atoms with Crippen LogP contribution in [0.1, 0.15) is 35.7 Å². The van der Waals surface area contributed by atoms with Crippen molar-refractivity contribution in [3.05, 3.63) is 65.7 Å². The summed E-state index contributed by atoms with van der Waals surface area (Å²) in [4.78, 5) is 27.4. The minimum absolute atomic E-state index is 0.0365. The van der Waals surface area contributed by atoms with Gasteiger partial charge in [0, 0.05) is 13.0 Å². The summed E-state index contributed by atoms with van der Waals surface area (Å²) in [5.74, 6) is -0.218. The first-order valence-corrected chi connectivity index (χ1v) is 8.46. The fourth-order valence-corrected chi connectivity index (χ4v) is 3.04. The summed E-state index contributed by atoms with van der Waals surface area (Å²) in [5.41, 5.74) is 2.32. The van der Waals surface area contributed by atoms with Crippen molar-refractivity contribution in [2.75, 3.05) is 11.4 Å². The van der Waals surface area contributed by atoms with Gasteiger partial charge in [0.1, 0.15) is 6.04 Å². The molecule has 2 aromatic rings. The maximum absolute atomic E-state index is 13.1. The molecule has 3 rings (SSSR count). The standard InChI is InChI=1S/C20H22N2O2/c1-2-3-13-22-18-12-8-7-11-16(18)19(23)21-17(20(22)24)14-15-9-5-4-6-10-15/h4-12,17H,2-3,13-14H2,1H3,(H,21,23). The van der Waals surface area contributed by atoms with E-state index in [9.17, 15) is 9.59 Å². The second-order valence-electron chi connectivity index (χ2n) is 6.08. The predicted octanol–water partition coefficient (Wildman–Crippen LogP) is 3.17. The number of carbonyl (C=O) groups excluding carboxylic acids is 2.